The molecule has 0 aromatic heterocycles. The molecule has 0 saturated carbocycles. The molecule has 2 rings (SSSR count). The van der Waals surface area contributed by atoms with Crippen LogP contribution in [0.5, 0.6) is 0 Å². The van der Waals surface area contributed by atoms with Crippen LogP contribution in [0.25, 0.3) is 0 Å². The molecule has 0 unspecified atom stereocenters. The van der Waals surface area contributed by atoms with Gasteiger partial charge in [-0.05, 0) is 30.5 Å². The molecule has 1 aromatic rings. The minimum Gasteiger partial charge on any atom is -0.464 e. The molecule has 1 aliphatic heterocycles. The molecule has 3 nitrogen and oxygen atoms in total. The van der Waals surface area contributed by atoms with Crippen LogP contribution in [-0.2, 0) is 22.4 Å². The summed E-state index contributed by atoms with van der Waals surface area (Å²) in [5.74, 6) is -0.156. The molecule has 0 radical (unpaired) electrons. The topological polar surface area (TPSA) is 38.3 Å². The van der Waals surface area contributed by atoms with Gasteiger partial charge < -0.3 is 10.1 Å². The summed E-state index contributed by atoms with van der Waals surface area (Å²) in [6.07, 6.45) is 1.75. The highest BCUT2D eigenvalue weighted by atomic mass is 16.5. The molecule has 1 N–H and O–H groups in total. The maximum absolute atomic E-state index is 11.6. The van der Waals surface area contributed by atoms with Gasteiger partial charge in [0.05, 0.1) is 6.61 Å². The fraction of sp³-hybridized carbons (Fsp3) is 0.462. The summed E-state index contributed by atoms with van der Waals surface area (Å²) in [5.41, 5.74) is 3.57. The molecule has 0 amide bonds. The number of hydrogen-bond acceptors (Lipinski definition) is 3. The Bertz CT molecular complexity index is 401. The van der Waals surface area contributed by atoms with E-state index in [1.54, 1.807) is 0 Å². The number of fused-ring (bicyclic) bond motifs is 1. The standard InChI is InChI=1S/C13H17NO2/c1-3-9-5-6-10-8-12(13(15)16-4-2)14-11(10)7-9/h5-7,12,14H,3-4,8H2,1-2H3/t12-/m1/s1. The van der Waals surface area contributed by atoms with Crippen LogP contribution in [0.2, 0.25) is 0 Å². The number of benzene rings is 1. The largest absolute Gasteiger partial charge is 0.464 e. The summed E-state index contributed by atoms with van der Waals surface area (Å²) in [6.45, 7) is 4.39. The van der Waals surface area contributed by atoms with Crippen LogP contribution >= 0.6 is 0 Å². The number of anilines is 1. The van der Waals surface area contributed by atoms with Gasteiger partial charge in [-0.15, -0.1) is 0 Å². The van der Waals surface area contributed by atoms with Crippen molar-refractivity contribution in [2.24, 2.45) is 0 Å². The highest BCUT2D eigenvalue weighted by molar-refractivity contribution is 5.83. The van der Waals surface area contributed by atoms with E-state index in [1.165, 1.54) is 11.1 Å². The fourth-order valence-electron chi connectivity index (χ4n) is 2.00. The summed E-state index contributed by atoms with van der Waals surface area (Å²) < 4.78 is 5.01. The van der Waals surface area contributed by atoms with Crippen LogP contribution < -0.4 is 5.32 Å². The number of ether oxygens (including phenoxy) is 1. The molecule has 0 bridgehead atoms. The summed E-state index contributed by atoms with van der Waals surface area (Å²) in [6, 6.07) is 6.13. The van der Waals surface area contributed by atoms with Gasteiger partial charge >= 0.3 is 5.97 Å². The van der Waals surface area contributed by atoms with Gasteiger partial charge in [-0.1, -0.05) is 19.1 Å². The first kappa shape index (κ1) is 11.0. The van der Waals surface area contributed by atoms with Crippen molar-refractivity contribution in [1.29, 1.82) is 0 Å². The maximum Gasteiger partial charge on any atom is 0.328 e. The van der Waals surface area contributed by atoms with Crippen LogP contribution in [0.1, 0.15) is 25.0 Å². The molecule has 16 heavy (non-hydrogen) atoms. The Kier molecular flexibility index (Phi) is 3.13. The Hall–Kier alpha value is -1.51. The van der Waals surface area contributed by atoms with Crippen molar-refractivity contribution >= 4 is 11.7 Å². The molecule has 0 saturated heterocycles. The van der Waals surface area contributed by atoms with Crippen molar-refractivity contribution in [3.8, 4) is 0 Å². The smallest absolute Gasteiger partial charge is 0.328 e. The molecule has 1 aromatic carbocycles. The lowest BCUT2D eigenvalue weighted by atomic mass is 10.1. The van der Waals surface area contributed by atoms with Crippen LogP contribution in [0, 0.1) is 0 Å². The second-order valence-electron chi connectivity index (χ2n) is 4.00. The van der Waals surface area contributed by atoms with Crippen molar-refractivity contribution in [1.82, 2.24) is 0 Å². The third-order valence-electron chi connectivity index (χ3n) is 2.91. The number of nitrogens with one attached hydrogen (secondary N) is 1. The lowest BCUT2D eigenvalue weighted by Crippen LogP contribution is -2.28. The lowest BCUT2D eigenvalue weighted by Gasteiger charge is -2.09. The monoisotopic (exact) mass is 219 g/mol. The predicted octanol–water partition coefficient (Wildman–Crippen LogP) is 2.15. The van der Waals surface area contributed by atoms with E-state index in [0.717, 1.165) is 18.5 Å². The minimum absolute atomic E-state index is 0.156. The summed E-state index contributed by atoms with van der Waals surface area (Å²) >= 11 is 0. The highest BCUT2D eigenvalue weighted by Gasteiger charge is 2.27. The van der Waals surface area contributed by atoms with Crippen molar-refractivity contribution in [3.63, 3.8) is 0 Å². The molecular weight excluding hydrogens is 202 g/mol. The predicted molar refractivity (Wildman–Crippen MR) is 63.6 cm³/mol. The highest BCUT2D eigenvalue weighted by Crippen LogP contribution is 2.27. The van der Waals surface area contributed by atoms with E-state index in [0.29, 0.717) is 6.61 Å². The first-order chi connectivity index (χ1) is 7.74. The first-order valence-electron chi connectivity index (χ1n) is 5.79. The molecule has 0 spiro atoms. The van der Waals surface area contributed by atoms with E-state index in [4.69, 9.17) is 4.74 Å². The van der Waals surface area contributed by atoms with E-state index in [9.17, 15) is 4.79 Å². The zero-order valence-corrected chi connectivity index (χ0v) is 9.75. The maximum atomic E-state index is 11.6. The molecule has 0 aliphatic carbocycles. The zero-order valence-electron chi connectivity index (χ0n) is 9.75. The van der Waals surface area contributed by atoms with Crippen LogP contribution in [0.4, 0.5) is 5.69 Å². The molecule has 1 aliphatic rings. The average molecular weight is 219 g/mol. The quantitative estimate of drug-likeness (QED) is 0.792. The van der Waals surface area contributed by atoms with Gasteiger partial charge in [-0.2, -0.15) is 0 Å². The SMILES string of the molecule is CCOC(=O)[C@H]1Cc2ccc(CC)cc2N1. The lowest BCUT2D eigenvalue weighted by molar-refractivity contribution is -0.143. The molecule has 0 fully saturated rings. The van der Waals surface area contributed by atoms with E-state index in [1.807, 2.05) is 6.92 Å². The average Bonchev–Trinajstić information content (AvgIpc) is 2.71. The van der Waals surface area contributed by atoms with Gasteiger partial charge in [0, 0.05) is 12.1 Å². The number of esters is 1. The van der Waals surface area contributed by atoms with Gasteiger partial charge in [0.2, 0.25) is 0 Å². The fourth-order valence-corrected chi connectivity index (χ4v) is 2.00. The van der Waals surface area contributed by atoms with E-state index >= 15 is 0 Å². The summed E-state index contributed by atoms with van der Waals surface area (Å²) in [5, 5.41) is 3.22. The van der Waals surface area contributed by atoms with Crippen LogP contribution in [0.15, 0.2) is 18.2 Å². The van der Waals surface area contributed by atoms with Gasteiger partial charge in [0.1, 0.15) is 6.04 Å². The Morgan fingerprint density at radius 1 is 1.50 bits per heavy atom. The van der Waals surface area contributed by atoms with Crippen LogP contribution in [-0.4, -0.2) is 18.6 Å². The normalized spacial score (nSPS) is 17.8. The van der Waals surface area contributed by atoms with E-state index < -0.39 is 0 Å². The molecular formula is C13H17NO2. The van der Waals surface area contributed by atoms with Crippen molar-refractivity contribution in [3.05, 3.63) is 29.3 Å². The Morgan fingerprint density at radius 2 is 2.31 bits per heavy atom. The zero-order chi connectivity index (χ0) is 11.5. The Balaban J connectivity index is 2.11. The number of aryl methyl sites for hydroxylation is 1. The number of rotatable bonds is 3. The van der Waals surface area contributed by atoms with Crippen molar-refractivity contribution in [2.45, 2.75) is 32.7 Å². The van der Waals surface area contributed by atoms with Gasteiger partial charge in [-0.3, -0.25) is 0 Å². The Morgan fingerprint density at radius 3 is 3.00 bits per heavy atom. The number of carbonyl (C=O) groups excluding carboxylic acids is 1. The molecule has 1 heterocycles. The second kappa shape index (κ2) is 4.56. The number of carbonyl (C=O) groups is 1. The summed E-state index contributed by atoms with van der Waals surface area (Å²) in [7, 11) is 0. The summed E-state index contributed by atoms with van der Waals surface area (Å²) in [4.78, 5) is 11.6. The van der Waals surface area contributed by atoms with E-state index in [-0.39, 0.29) is 12.0 Å². The van der Waals surface area contributed by atoms with Gasteiger partial charge in [0.15, 0.2) is 0 Å². The van der Waals surface area contributed by atoms with Gasteiger partial charge in [0.25, 0.3) is 0 Å². The van der Waals surface area contributed by atoms with E-state index in [2.05, 4.69) is 30.4 Å². The first-order valence-corrected chi connectivity index (χ1v) is 5.79. The second-order valence-corrected chi connectivity index (χ2v) is 4.00. The third kappa shape index (κ3) is 2.03. The van der Waals surface area contributed by atoms with Crippen LogP contribution in [0.3, 0.4) is 0 Å². The third-order valence-corrected chi connectivity index (χ3v) is 2.91. The van der Waals surface area contributed by atoms with Gasteiger partial charge in [-0.25, -0.2) is 4.79 Å². The van der Waals surface area contributed by atoms with Crippen molar-refractivity contribution in [2.75, 3.05) is 11.9 Å². The molecule has 3 heteroatoms. The molecule has 1 atom stereocenters. The van der Waals surface area contributed by atoms with Crippen molar-refractivity contribution < 1.29 is 9.53 Å². The number of hydrogen-bond donors (Lipinski definition) is 1. The Labute approximate surface area is 95.8 Å². The molecule has 86 valence electrons. The minimum atomic E-state index is -0.206.